The second-order valence-corrected chi connectivity index (χ2v) is 12.3. The second-order valence-electron chi connectivity index (χ2n) is 8.39. The number of ketones is 1. The van der Waals surface area contributed by atoms with Gasteiger partial charge >= 0.3 is 0 Å². The predicted molar refractivity (Wildman–Crippen MR) is 141 cm³/mol. The molecule has 0 atom stereocenters. The summed E-state index contributed by atoms with van der Waals surface area (Å²) >= 11 is 7.00. The molecule has 2 aromatic carbocycles. The van der Waals surface area contributed by atoms with Crippen LogP contribution in [0.2, 0.25) is 4.34 Å². The maximum Gasteiger partial charge on any atom is 0.193 e. The molecule has 0 spiro atoms. The van der Waals surface area contributed by atoms with Crippen molar-refractivity contribution in [3.63, 3.8) is 0 Å². The highest BCUT2D eigenvalue weighted by Gasteiger charge is 2.24. The van der Waals surface area contributed by atoms with E-state index in [4.69, 9.17) is 25.9 Å². The second kappa shape index (κ2) is 10.5. The number of fused-ring (bicyclic) bond motifs is 1. The van der Waals surface area contributed by atoms with Crippen molar-refractivity contribution in [3.8, 4) is 5.75 Å². The Labute approximate surface area is 222 Å². The smallest absolute Gasteiger partial charge is 0.193 e. The zero-order chi connectivity index (χ0) is 26.0. The van der Waals surface area contributed by atoms with E-state index in [0.717, 1.165) is 28.0 Å². The number of sulfone groups is 1. The molecule has 3 aromatic heterocycles. The maximum atomic E-state index is 13.1. The fourth-order valence-corrected chi connectivity index (χ4v) is 7.02. The number of benzene rings is 2. The van der Waals surface area contributed by atoms with Gasteiger partial charge in [-0.15, -0.1) is 11.3 Å². The van der Waals surface area contributed by atoms with Crippen LogP contribution in [-0.4, -0.2) is 36.1 Å². The number of halogens is 1. The van der Waals surface area contributed by atoms with Crippen LogP contribution in [0.25, 0.3) is 10.9 Å². The van der Waals surface area contributed by atoms with E-state index in [1.807, 2.05) is 36.4 Å². The van der Waals surface area contributed by atoms with Crippen LogP contribution in [0, 0.1) is 0 Å². The van der Waals surface area contributed by atoms with Gasteiger partial charge in [0.05, 0.1) is 34.6 Å². The summed E-state index contributed by atoms with van der Waals surface area (Å²) in [6.07, 6.45) is 3.46. The van der Waals surface area contributed by atoms with Crippen LogP contribution in [0.5, 0.6) is 5.75 Å². The molecule has 8 nitrogen and oxygen atoms in total. The number of Topliss-reactive ketones (excluding diaryl/α,β-unsaturated/α-hetero) is 1. The molecule has 0 unspecified atom stereocenters. The van der Waals surface area contributed by atoms with Crippen molar-refractivity contribution in [2.45, 2.75) is 29.3 Å². The lowest BCUT2D eigenvalue weighted by molar-refractivity contribution is 0.0978. The molecule has 0 fully saturated rings. The first-order valence-electron chi connectivity index (χ1n) is 11.3. The molecular weight excluding hydrogens is 534 g/mol. The molecule has 0 aliphatic heterocycles. The van der Waals surface area contributed by atoms with Crippen LogP contribution in [0.3, 0.4) is 0 Å². The fraction of sp³-hybridized carbons (Fsp3) is 0.192. The number of aromatic nitrogens is 3. The van der Waals surface area contributed by atoms with Crippen LogP contribution < -0.4 is 4.74 Å². The van der Waals surface area contributed by atoms with Gasteiger partial charge in [0.15, 0.2) is 22.0 Å². The zero-order valence-corrected chi connectivity index (χ0v) is 22.1. The maximum absolute atomic E-state index is 13.1. The number of methoxy groups -OCH3 is 1. The molecule has 0 aliphatic rings. The lowest BCUT2D eigenvalue weighted by atomic mass is 10.0. The average Bonchev–Trinajstić information content (AvgIpc) is 3.64. The molecule has 0 saturated carbocycles. The summed E-state index contributed by atoms with van der Waals surface area (Å²) in [6, 6.07) is 16.5. The molecule has 190 valence electrons. The van der Waals surface area contributed by atoms with Crippen molar-refractivity contribution in [2.24, 2.45) is 0 Å². The van der Waals surface area contributed by atoms with Gasteiger partial charge in [-0.25, -0.2) is 13.4 Å². The average molecular weight is 556 g/mol. The van der Waals surface area contributed by atoms with E-state index in [0.29, 0.717) is 46.2 Å². The van der Waals surface area contributed by atoms with Crippen LogP contribution in [0.1, 0.15) is 33.7 Å². The molecule has 11 heteroatoms. The van der Waals surface area contributed by atoms with E-state index < -0.39 is 9.84 Å². The first-order valence-corrected chi connectivity index (χ1v) is 14.2. The zero-order valence-electron chi connectivity index (χ0n) is 19.8. The van der Waals surface area contributed by atoms with Crippen molar-refractivity contribution in [3.05, 3.63) is 94.1 Å². The molecule has 5 aromatic rings. The Bertz CT molecular complexity index is 1670. The number of nitrogens with zero attached hydrogens (tertiary/aromatic N) is 3. The number of hydrogen-bond acceptors (Lipinski definition) is 8. The fourth-order valence-electron chi connectivity index (χ4n) is 4.17. The minimum atomic E-state index is -3.65. The van der Waals surface area contributed by atoms with Crippen LogP contribution in [0.15, 0.2) is 75.9 Å². The Balaban J connectivity index is 1.43. The minimum Gasteiger partial charge on any atom is -0.496 e. The highest BCUT2D eigenvalue weighted by Crippen LogP contribution is 2.33. The van der Waals surface area contributed by atoms with Gasteiger partial charge in [0.1, 0.15) is 27.7 Å². The third-order valence-corrected chi connectivity index (χ3v) is 9.34. The third-order valence-electron chi connectivity index (χ3n) is 5.90. The van der Waals surface area contributed by atoms with E-state index >= 15 is 0 Å². The number of oxazole rings is 1. The minimum absolute atomic E-state index is 0.0813. The van der Waals surface area contributed by atoms with E-state index in [1.165, 1.54) is 18.7 Å². The van der Waals surface area contributed by atoms with Crippen LogP contribution in [-0.2, 0) is 28.6 Å². The normalized spacial score (nSPS) is 11.7. The largest absolute Gasteiger partial charge is 0.496 e. The van der Waals surface area contributed by atoms with Crippen molar-refractivity contribution in [2.75, 3.05) is 7.11 Å². The summed E-state index contributed by atoms with van der Waals surface area (Å²) in [7, 11) is -2.10. The monoisotopic (exact) mass is 555 g/mol. The molecule has 0 amide bonds. The highest BCUT2D eigenvalue weighted by molar-refractivity contribution is 7.92. The third kappa shape index (κ3) is 5.46. The van der Waals surface area contributed by atoms with Gasteiger partial charge in [-0.3, -0.25) is 9.48 Å². The molecule has 0 N–H and O–H groups in total. The lowest BCUT2D eigenvalue weighted by Crippen LogP contribution is -2.06. The number of carbonyl (C=O) groups excluding carboxylic acids is 1. The molecule has 0 radical (unpaired) electrons. The Hall–Kier alpha value is -3.47. The highest BCUT2D eigenvalue weighted by atomic mass is 35.5. The van der Waals surface area contributed by atoms with Crippen molar-refractivity contribution >= 4 is 49.5 Å². The molecule has 0 aliphatic carbocycles. The van der Waals surface area contributed by atoms with Gasteiger partial charge in [-0.2, -0.15) is 5.10 Å². The van der Waals surface area contributed by atoms with Gasteiger partial charge < -0.3 is 9.15 Å². The van der Waals surface area contributed by atoms with Gasteiger partial charge in [0.2, 0.25) is 0 Å². The molecule has 37 heavy (non-hydrogen) atoms. The summed E-state index contributed by atoms with van der Waals surface area (Å²) in [5.41, 5.74) is 3.46. The summed E-state index contributed by atoms with van der Waals surface area (Å²) in [4.78, 5) is 16.2. The number of ether oxygens (including phenoxy) is 1. The van der Waals surface area contributed by atoms with Gasteiger partial charge in [0.25, 0.3) is 0 Å². The molecule has 5 rings (SSSR count). The molecule has 3 heterocycles. The summed E-state index contributed by atoms with van der Waals surface area (Å²) in [6.45, 7) is 0.416. The lowest BCUT2D eigenvalue weighted by Gasteiger charge is -2.07. The summed E-state index contributed by atoms with van der Waals surface area (Å²) in [5, 5.41) is 5.36. The number of thiophene rings is 1. The number of rotatable bonds is 10. The van der Waals surface area contributed by atoms with E-state index in [-0.39, 0.29) is 15.7 Å². The number of aryl methyl sites for hydroxylation is 1. The van der Waals surface area contributed by atoms with Gasteiger partial charge in [-0.05, 0) is 41.8 Å². The van der Waals surface area contributed by atoms with Crippen molar-refractivity contribution in [1.29, 1.82) is 0 Å². The first kappa shape index (κ1) is 25.2. The van der Waals surface area contributed by atoms with Crippen molar-refractivity contribution < 1.29 is 22.4 Å². The number of carbonyl (C=O) groups is 1. The predicted octanol–water partition coefficient (Wildman–Crippen LogP) is 5.59. The molecule has 0 saturated heterocycles. The van der Waals surface area contributed by atoms with Gasteiger partial charge in [0, 0.05) is 6.42 Å². The molecular formula is C26H22ClN3O5S2. The Morgan fingerprint density at radius 2 is 1.95 bits per heavy atom. The SMILES string of the molecule is COc1cccc2c1c(CS(=O)(=O)c1ccc(Cl)s1)nn2Cc1cccc(CCC(=O)c2cocn2)c1. The quantitative estimate of drug-likeness (QED) is 0.207. The van der Waals surface area contributed by atoms with Crippen LogP contribution >= 0.6 is 22.9 Å². The number of hydrogen-bond donors (Lipinski definition) is 0. The van der Waals surface area contributed by atoms with E-state index in [9.17, 15) is 13.2 Å². The Morgan fingerprint density at radius 3 is 2.68 bits per heavy atom. The molecule has 0 bridgehead atoms. The Morgan fingerprint density at radius 1 is 1.14 bits per heavy atom. The standard InChI is InChI=1S/C26H22ClN3O5S2/c1-34-23-7-3-6-21-26(23)20(15-37(32,33)25-11-10-24(27)36-25)29-30(21)13-18-5-2-4-17(12-18)8-9-22(31)19-14-35-16-28-19/h2-7,10-12,14,16H,8-9,13,15H2,1H3. The van der Waals surface area contributed by atoms with Gasteiger partial charge in [-0.1, -0.05) is 41.9 Å². The topological polar surface area (TPSA) is 104 Å². The summed E-state index contributed by atoms with van der Waals surface area (Å²) in [5.74, 6) is 0.193. The van der Waals surface area contributed by atoms with Crippen LogP contribution in [0.4, 0.5) is 0 Å². The van der Waals surface area contributed by atoms with E-state index in [1.54, 1.807) is 23.9 Å². The van der Waals surface area contributed by atoms with E-state index in [2.05, 4.69) is 4.98 Å². The first-order chi connectivity index (χ1) is 17.8. The van der Waals surface area contributed by atoms with Crippen molar-refractivity contribution in [1.82, 2.24) is 14.8 Å². The Kier molecular flexibility index (Phi) is 7.14. The summed E-state index contributed by atoms with van der Waals surface area (Å²) < 4.78 is 39.0.